The third-order valence-corrected chi connectivity index (χ3v) is 5.49. The monoisotopic (exact) mass is 374 g/mol. The number of nitro groups is 1. The van der Waals surface area contributed by atoms with Crippen LogP contribution < -0.4 is 10.6 Å². The molecule has 1 aliphatic heterocycles. The topological polar surface area (TPSA) is 122 Å². The molecular formula is C18H22N4O5. The van der Waals surface area contributed by atoms with Gasteiger partial charge in [-0.25, -0.2) is 4.79 Å². The van der Waals surface area contributed by atoms with E-state index in [0.29, 0.717) is 12.0 Å². The number of anilines is 1. The fraction of sp³-hybridized carbons (Fsp3) is 0.500. The number of aryl methyl sites for hydroxylation is 1. The van der Waals surface area contributed by atoms with Crippen LogP contribution in [0, 0.1) is 23.0 Å². The molecule has 3 rings (SSSR count). The number of hydrogen-bond acceptors (Lipinski definition) is 5. The molecule has 1 spiro atoms. The molecule has 144 valence electrons. The minimum atomic E-state index is -0.918. The van der Waals surface area contributed by atoms with Crippen LogP contribution in [0.25, 0.3) is 0 Å². The summed E-state index contributed by atoms with van der Waals surface area (Å²) < 4.78 is 0. The third kappa shape index (κ3) is 3.36. The zero-order valence-electron chi connectivity index (χ0n) is 15.3. The molecule has 1 aliphatic carbocycles. The van der Waals surface area contributed by atoms with Gasteiger partial charge in [0.25, 0.3) is 11.6 Å². The summed E-state index contributed by atoms with van der Waals surface area (Å²) in [6.45, 7) is 3.11. The van der Waals surface area contributed by atoms with Crippen molar-refractivity contribution in [2.45, 2.75) is 45.1 Å². The molecule has 2 aliphatic rings. The Morgan fingerprint density at radius 1 is 1.41 bits per heavy atom. The van der Waals surface area contributed by atoms with E-state index in [2.05, 4.69) is 10.6 Å². The summed E-state index contributed by atoms with van der Waals surface area (Å²) in [5.74, 6) is -0.947. The number of carbonyl (C=O) groups is 3. The maximum Gasteiger partial charge on any atom is 0.325 e. The van der Waals surface area contributed by atoms with E-state index >= 15 is 0 Å². The largest absolute Gasteiger partial charge is 0.325 e. The van der Waals surface area contributed by atoms with E-state index in [-0.39, 0.29) is 23.2 Å². The van der Waals surface area contributed by atoms with E-state index in [9.17, 15) is 24.5 Å². The lowest BCUT2D eigenvalue weighted by molar-refractivity contribution is -0.385. The highest BCUT2D eigenvalue weighted by Crippen LogP contribution is 2.38. The molecule has 0 unspecified atom stereocenters. The molecular weight excluding hydrogens is 352 g/mol. The number of rotatable bonds is 4. The Labute approximate surface area is 156 Å². The van der Waals surface area contributed by atoms with Crippen molar-refractivity contribution in [1.29, 1.82) is 0 Å². The van der Waals surface area contributed by atoms with E-state index in [0.717, 1.165) is 24.2 Å². The highest BCUT2D eigenvalue weighted by Gasteiger charge is 2.55. The molecule has 2 atom stereocenters. The number of benzene rings is 1. The fourth-order valence-electron chi connectivity index (χ4n) is 3.87. The first-order valence-corrected chi connectivity index (χ1v) is 8.93. The summed E-state index contributed by atoms with van der Waals surface area (Å²) in [5, 5.41) is 16.3. The molecule has 0 aromatic heterocycles. The summed E-state index contributed by atoms with van der Waals surface area (Å²) in [6, 6.07) is 3.75. The second-order valence-corrected chi connectivity index (χ2v) is 7.25. The number of nitrogens with one attached hydrogen (secondary N) is 2. The van der Waals surface area contributed by atoms with Crippen molar-refractivity contribution < 1.29 is 19.3 Å². The number of urea groups is 1. The zero-order valence-corrected chi connectivity index (χ0v) is 15.3. The highest BCUT2D eigenvalue weighted by molar-refractivity contribution is 6.10. The van der Waals surface area contributed by atoms with Crippen LogP contribution >= 0.6 is 0 Å². The van der Waals surface area contributed by atoms with Crippen LogP contribution in [0.3, 0.4) is 0 Å². The minimum Gasteiger partial charge on any atom is -0.324 e. The van der Waals surface area contributed by atoms with Crippen molar-refractivity contribution >= 4 is 29.2 Å². The first kappa shape index (κ1) is 18.8. The number of nitro benzene ring substituents is 1. The van der Waals surface area contributed by atoms with Crippen LogP contribution in [0.2, 0.25) is 0 Å². The second kappa shape index (κ2) is 6.98. The van der Waals surface area contributed by atoms with Gasteiger partial charge in [0.1, 0.15) is 12.1 Å². The molecule has 0 bridgehead atoms. The Morgan fingerprint density at radius 3 is 2.81 bits per heavy atom. The van der Waals surface area contributed by atoms with Gasteiger partial charge < -0.3 is 10.6 Å². The fourth-order valence-corrected chi connectivity index (χ4v) is 3.87. The van der Waals surface area contributed by atoms with Crippen LogP contribution in [0.5, 0.6) is 0 Å². The summed E-state index contributed by atoms with van der Waals surface area (Å²) in [6.07, 6.45) is 3.28. The lowest BCUT2D eigenvalue weighted by Gasteiger charge is -2.36. The minimum absolute atomic E-state index is 0.00973. The van der Waals surface area contributed by atoms with Gasteiger partial charge in [-0.3, -0.25) is 24.6 Å². The second-order valence-electron chi connectivity index (χ2n) is 7.25. The molecule has 1 saturated heterocycles. The lowest BCUT2D eigenvalue weighted by atomic mass is 9.73. The van der Waals surface area contributed by atoms with Gasteiger partial charge in [0.05, 0.1) is 4.92 Å². The summed E-state index contributed by atoms with van der Waals surface area (Å²) in [4.78, 5) is 48.9. The predicted molar refractivity (Wildman–Crippen MR) is 97.1 cm³/mol. The Bertz CT molecular complexity index is 824. The van der Waals surface area contributed by atoms with Crippen LogP contribution in [0.4, 0.5) is 16.2 Å². The lowest BCUT2D eigenvalue weighted by Crippen LogP contribution is -2.54. The standard InChI is InChI=1S/C18H22N4O5/c1-11-6-7-13(9-14(11)22(26)27)19-15(23)10-21-16(24)18(20-17(21)25)8-4-3-5-12(18)2/h6-7,9,12H,3-5,8,10H2,1-2H3,(H,19,23)(H,20,25)/t12-,18-/m0/s1. The molecule has 2 N–H and O–H groups in total. The van der Waals surface area contributed by atoms with Crippen molar-refractivity contribution in [2.24, 2.45) is 5.92 Å². The summed E-state index contributed by atoms with van der Waals surface area (Å²) >= 11 is 0. The average molecular weight is 374 g/mol. The van der Waals surface area contributed by atoms with Gasteiger partial charge in [-0.05, 0) is 31.7 Å². The van der Waals surface area contributed by atoms with Crippen molar-refractivity contribution in [2.75, 3.05) is 11.9 Å². The van der Waals surface area contributed by atoms with Gasteiger partial charge in [0, 0.05) is 17.3 Å². The maximum absolute atomic E-state index is 12.9. The van der Waals surface area contributed by atoms with Crippen molar-refractivity contribution in [3.05, 3.63) is 33.9 Å². The summed E-state index contributed by atoms with van der Waals surface area (Å²) in [7, 11) is 0. The Kier molecular flexibility index (Phi) is 4.86. The molecule has 2 fully saturated rings. The Balaban J connectivity index is 1.71. The van der Waals surface area contributed by atoms with Gasteiger partial charge in [0.15, 0.2) is 0 Å². The van der Waals surface area contributed by atoms with E-state index in [1.807, 2.05) is 6.92 Å². The van der Waals surface area contributed by atoms with Crippen LogP contribution in [0.15, 0.2) is 18.2 Å². The van der Waals surface area contributed by atoms with Crippen molar-refractivity contribution in [1.82, 2.24) is 10.2 Å². The predicted octanol–water partition coefficient (Wildman–Crippen LogP) is 2.34. The van der Waals surface area contributed by atoms with Crippen LogP contribution in [-0.4, -0.2) is 39.8 Å². The molecule has 9 heteroatoms. The molecule has 1 aromatic carbocycles. The molecule has 1 saturated carbocycles. The zero-order chi connectivity index (χ0) is 19.8. The highest BCUT2D eigenvalue weighted by atomic mass is 16.6. The van der Waals surface area contributed by atoms with Crippen molar-refractivity contribution in [3.63, 3.8) is 0 Å². The van der Waals surface area contributed by atoms with E-state index in [1.165, 1.54) is 18.2 Å². The van der Waals surface area contributed by atoms with E-state index in [4.69, 9.17) is 0 Å². The molecule has 0 radical (unpaired) electrons. The van der Waals surface area contributed by atoms with Crippen LogP contribution in [-0.2, 0) is 9.59 Å². The first-order valence-electron chi connectivity index (χ1n) is 8.93. The van der Waals surface area contributed by atoms with Gasteiger partial charge in [-0.15, -0.1) is 0 Å². The number of imide groups is 1. The molecule has 9 nitrogen and oxygen atoms in total. The van der Waals surface area contributed by atoms with E-state index < -0.39 is 28.9 Å². The number of hydrogen-bond donors (Lipinski definition) is 2. The van der Waals surface area contributed by atoms with Crippen LogP contribution in [0.1, 0.15) is 38.2 Å². The normalized spacial score (nSPS) is 24.8. The average Bonchev–Trinajstić information content (AvgIpc) is 2.84. The summed E-state index contributed by atoms with van der Waals surface area (Å²) in [5.41, 5.74) is -0.318. The molecule has 4 amide bonds. The first-order chi connectivity index (χ1) is 12.7. The van der Waals surface area contributed by atoms with Gasteiger partial charge in [-0.2, -0.15) is 0 Å². The number of carbonyl (C=O) groups excluding carboxylic acids is 3. The van der Waals surface area contributed by atoms with E-state index in [1.54, 1.807) is 6.92 Å². The SMILES string of the molecule is Cc1ccc(NC(=O)CN2C(=O)N[C@]3(CCCC[C@@H]3C)C2=O)cc1[N+](=O)[O-]. The molecule has 1 heterocycles. The molecule has 27 heavy (non-hydrogen) atoms. The van der Waals surface area contributed by atoms with Gasteiger partial charge in [0.2, 0.25) is 5.91 Å². The number of amides is 4. The third-order valence-electron chi connectivity index (χ3n) is 5.49. The smallest absolute Gasteiger partial charge is 0.324 e. The van der Waals surface area contributed by atoms with Crippen molar-refractivity contribution in [3.8, 4) is 0 Å². The van der Waals surface area contributed by atoms with Gasteiger partial charge >= 0.3 is 6.03 Å². The Hall–Kier alpha value is -2.97. The maximum atomic E-state index is 12.9. The molecule has 1 aromatic rings. The number of nitrogens with zero attached hydrogens (tertiary/aromatic N) is 2. The van der Waals surface area contributed by atoms with Gasteiger partial charge in [-0.1, -0.05) is 25.8 Å². The quantitative estimate of drug-likeness (QED) is 0.476. The Morgan fingerprint density at radius 2 is 2.15 bits per heavy atom.